The van der Waals surface area contributed by atoms with Gasteiger partial charge in [0.15, 0.2) is 0 Å². The molecule has 0 aromatic heterocycles. The second-order valence-electron chi connectivity index (χ2n) is 3.57. The number of hydrogen-bond donors (Lipinski definition) is 0. The zero-order chi connectivity index (χ0) is 9.90. The molecule has 0 N–H and O–H groups in total. The summed E-state index contributed by atoms with van der Waals surface area (Å²) in [6.45, 7) is 6.33. The molecule has 0 radical (unpaired) electrons. The van der Waals surface area contributed by atoms with E-state index in [1.54, 1.807) is 0 Å². The average Bonchev–Trinajstić information content (AvgIpc) is 2.89. The Labute approximate surface area is 89.5 Å². The van der Waals surface area contributed by atoms with Gasteiger partial charge in [-0.25, -0.2) is 0 Å². The highest BCUT2D eigenvalue weighted by atomic mass is 79.9. The molecule has 0 unspecified atom stereocenters. The van der Waals surface area contributed by atoms with Gasteiger partial charge in [-0.15, -0.1) is 0 Å². The highest BCUT2D eigenvalue weighted by molar-refractivity contribution is 9.10. The monoisotopic (exact) mass is 240 g/mol. The second kappa shape index (κ2) is 4.28. The minimum absolute atomic E-state index is 0.515. The third-order valence-corrected chi connectivity index (χ3v) is 3.07. The van der Waals surface area contributed by atoms with Gasteiger partial charge in [0, 0.05) is 4.47 Å². The number of rotatable bonds is 1. The van der Waals surface area contributed by atoms with Gasteiger partial charge in [0.05, 0.1) is 0 Å². The third kappa shape index (κ3) is 2.57. The van der Waals surface area contributed by atoms with E-state index >= 15 is 0 Å². The van der Waals surface area contributed by atoms with Crippen molar-refractivity contribution in [2.24, 2.45) is 0 Å². The first kappa shape index (κ1) is 10.8. The standard InChI is InChI=1S/C10H11Br.C2H6/c1-10(6-7-10)8-2-4-9(11)5-3-8;1-2/h2-5H,6-7H2,1H3;1-2H3. The van der Waals surface area contributed by atoms with Crippen LogP contribution in [0.3, 0.4) is 0 Å². The van der Waals surface area contributed by atoms with Crippen molar-refractivity contribution >= 4 is 15.9 Å². The van der Waals surface area contributed by atoms with Crippen LogP contribution in [-0.4, -0.2) is 0 Å². The lowest BCUT2D eigenvalue weighted by Gasteiger charge is -2.07. The molecule has 0 bridgehead atoms. The normalized spacial score (nSPS) is 17.2. The van der Waals surface area contributed by atoms with Crippen molar-refractivity contribution in [1.29, 1.82) is 0 Å². The molecule has 0 nitrogen and oxygen atoms in total. The lowest BCUT2D eigenvalue weighted by Crippen LogP contribution is -1.97. The molecule has 0 atom stereocenters. The molecule has 0 aliphatic heterocycles. The summed E-state index contributed by atoms with van der Waals surface area (Å²) in [7, 11) is 0. The SMILES string of the molecule is CC.CC1(c2ccc(Br)cc2)CC1. The maximum Gasteiger partial charge on any atom is 0.0175 e. The van der Waals surface area contributed by atoms with Crippen molar-refractivity contribution in [1.82, 2.24) is 0 Å². The van der Waals surface area contributed by atoms with E-state index in [4.69, 9.17) is 0 Å². The van der Waals surface area contributed by atoms with Crippen molar-refractivity contribution in [3.63, 3.8) is 0 Å². The molecular weight excluding hydrogens is 224 g/mol. The van der Waals surface area contributed by atoms with Gasteiger partial charge in [-0.3, -0.25) is 0 Å². The zero-order valence-electron chi connectivity index (χ0n) is 8.60. The molecule has 1 aromatic rings. The fourth-order valence-electron chi connectivity index (χ4n) is 1.33. The van der Waals surface area contributed by atoms with Crippen LogP contribution in [0.5, 0.6) is 0 Å². The minimum atomic E-state index is 0.515. The lowest BCUT2D eigenvalue weighted by atomic mass is 9.99. The van der Waals surface area contributed by atoms with E-state index in [1.165, 1.54) is 22.9 Å². The first-order chi connectivity index (χ1) is 6.21. The van der Waals surface area contributed by atoms with Gasteiger partial charge in [-0.2, -0.15) is 0 Å². The summed E-state index contributed by atoms with van der Waals surface area (Å²) in [6, 6.07) is 8.69. The molecule has 0 amide bonds. The number of hydrogen-bond acceptors (Lipinski definition) is 0. The van der Waals surface area contributed by atoms with Gasteiger partial charge < -0.3 is 0 Å². The van der Waals surface area contributed by atoms with Crippen LogP contribution >= 0.6 is 15.9 Å². The smallest absolute Gasteiger partial charge is 0.0175 e. The van der Waals surface area contributed by atoms with Crippen LogP contribution in [0.25, 0.3) is 0 Å². The summed E-state index contributed by atoms with van der Waals surface area (Å²) in [4.78, 5) is 0. The molecule has 1 aliphatic carbocycles. The van der Waals surface area contributed by atoms with Crippen LogP contribution in [0.2, 0.25) is 0 Å². The van der Waals surface area contributed by atoms with Crippen LogP contribution in [0.1, 0.15) is 39.2 Å². The Balaban J connectivity index is 0.000000396. The predicted molar refractivity (Wildman–Crippen MR) is 62.1 cm³/mol. The van der Waals surface area contributed by atoms with Gasteiger partial charge in [0.2, 0.25) is 0 Å². The molecular formula is C12H17Br. The fourth-order valence-corrected chi connectivity index (χ4v) is 1.59. The van der Waals surface area contributed by atoms with Crippen molar-refractivity contribution in [3.05, 3.63) is 34.3 Å². The third-order valence-electron chi connectivity index (χ3n) is 2.54. The zero-order valence-corrected chi connectivity index (χ0v) is 10.2. The molecule has 1 heteroatoms. The Kier molecular flexibility index (Phi) is 3.55. The molecule has 72 valence electrons. The summed E-state index contributed by atoms with van der Waals surface area (Å²) in [5.41, 5.74) is 2.00. The maximum atomic E-state index is 3.43. The summed E-state index contributed by atoms with van der Waals surface area (Å²) in [5, 5.41) is 0. The fraction of sp³-hybridized carbons (Fsp3) is 0.500. The summed E-state index contributed by atoms with van der Waals surface area (Å²) >= 11 is 3.43. The molecule has 1 saturated carbocycles. The van der Waals surface area contributed by atoms with Gasteiger partial charge >= 0.3 is 0 Å². The molecule has 1 aliphatic rings. The number of benzene rings is 1. The van der Waals surface area contributed by atoms with E-state index in [0.717, 1.165) is 0 Å². The van der Waals surface area contributed by atoms with E-state index in [0.29, 0.717) is 5.41 Å². The Morgan fingerprint density at radius 2 is 1.54 bits per heavy atom. The van der Waals surface area contributed by atoms with Gasteiger partial charge in [-0.05, 0) is 36.0 Å². The van der Waals surface area contributed by atoms with E-state index < -0.39 is 0 Å². The van der Waals surface area contributed by atoms with Crippen molar-refractivity contribution in [2.45, 2.75) is 39.0 Å². The topological polar surface area (TPSA) is 0 Å². The first-order valence-corrected chi connectivity index (χ1v) is 5.76. The predicted octanol–water partition coefficient (Wildman–Crippen LogP) is 4.53. The van der Waals surface area contributed by atoms with Crippen molar-refractivity contribution < 1.29 is 0 Å². The lowest BCUT2D eigenvalue weighted by molar-refractivity contribution is 0.787. The van der Waals surface area contributed by atoms with E-state index in [1.807, 2.05) is 13.8 Å². The molecule has 1 fully saturated rings. The summed E-state index contributed by atoms with van der Waals surface area (Å²) < 4.78 is 1.17. The molecule has 13 heavy (non-hydrogen) atoms. The van der Waals surface area contributed by atoms with Crippen LogP contribution < -0.4 is 0 Å². The molecule has 1 aromatic carbocycles. The molecule has 2 rings (SSSR count). The van der Waals surface area contributed by atoms with Crippen LogP contribution in [-0.2, 0) is 5.41 Å². The van der Waals surface area contributed by atoms with Gasteiger partial charge in [-0.1, -0.05) is 48.8 Å². The van der Waals surface area contributed by atoms with E-state index in [-0.39, 0.29) is 0 Å². The van der Waals surface area contributed by atoms with E-state index in [9.17, 15) is 0 Å². The van der Waals surface area contributed by atoms with Crippen molar-refractivity contribution in [2.75, 3.05) is 0 Å². The molecule has 0 heterocycles. The Bertz CT molecular complexity index is 257. The van der Waals surface area contributed by atoms with Gasteiger partial charge in [0.25, 0.3) is 0 Å². The maximum absolute atomic E-state index is 3.43. The summed E-state index contributed by atoms with van der Waals surface area (Å²) in [6.07, 6.45) is 2.71. The average molecular weight is 241 g/mol. The number of halogens is 1. The van der Waals surface area contributed by atoms with Crippen molar-refractivity contribution in [3.8, 4) is 0 Å². The Morgan fingerprint density at radius 3 is 1.92 bits per heavy atom. The summed E-state index contributed by atoms with van der Waals surface area (Å²) in [5.74, 6) is 0. The first-order valence-electron chi connectivity index (χ1n) is 4.97. The van der Waals surface area contributed by atoms with Crippen LogP contribution in [0.15, 0.2) is 28.7 Å². The minimum Gasteiger partial charge on any atom is -0.0683 e. The van der Waals surface area contributed by atoms with Gasteiger partial charge in [0.1, 0.15) is 0 Å². The Morgan fingerprint density at radius 1 is 1.08 bits per heavy atom. The Hall–Kier alpha value is -0.300. The second-order valence-corrected chi connectivity index (χ2v) is 4.48. The molecule has 0 saturated heterocycles. The quantitative estimate of drug-likeness (QED) is 0.677. The highest BCUT2D eigenvalue weighted by Crippen LogP contribution is 2.47. The van der Waals surface area contributed by atoms with E-state index in [2.05, 4.69) is 47.1 Å². The molecule has 0 spiro atoms. The largest absolute Gasteiger partial charge is 0.0683 e. The van der Waals surface area contributed by atoms with Crippen LogP contribution in [0, 0.1) is 0 Å². The highest BCUT2D eigenvalue weighted by Gasteiger charge is 2.38. The van der Waals surface area contributed by atoms with Crippen LogP contribution in [0.4, 0.5) is 0 Å².